The number of benzene rings is 1. The highest BCUT2D eigenvalue weighted by atomic mass is 16.5. The van der Waals surface area contributed by atoms with Gasteiger partial charge in [-0.15, -0.1) is 0 Å². The average molecular weight is 166 g/mol. The lowest BCUT2D eigenvalue weighted by Crippen LogP contribution is -1.93. The van der Waals surface area contributed by atoms with Crippen molar-refractivity contribution >= 4 is 0 Å². The standard InChI is InChI=1S/C9H12O.C2H6/c1-2-8-10-9-6-4-3-5-7-9;1-2/h3-7H,2,8H2,1H3;1-2H3. The largest absolute Gasteiger partial charge is 0.494 e. The Labute approximate surface area is 75.4 Å². The van der Waals surface area contributed by atoms with E-state index in [1.807, 2.05) is 44.2 Å². The third kappa shape index (κ3) is 4.78. The lowest BCUT2D eigenvalue weighted by Gasteiger charge is -2.01. The van der Waals surface area contributed by atoms with Crippen molar-refractivity contribution in [3.63, 3.8) is 0 Å². The highest BCUT2D eigenvalue weighted by Gasteiger charge is 1.86. The van der Waals surface area contributed by atoms with Crippen molar-refractivity contribution < 1.29 is 4.74 Å². The van der Waals surface area contributed by atoms with Crippen LogP contribution in [0.15, 0.2) is 30.3 Å². The first kappa shape index (κ1) is 11.0. The van der Waals surface area contributed by atoms with Crippen LogP contribution in [0.2, 0.25) is 0 Å². The van der Waals surface area contributed by atoms with E-state index in [1.165, 1.54) is 0 Å². The number of para-hydroxylation sites is 1. The van der Waals surface area contributed by atoms with Crippen LogP contribution < -0.4 is 4.74 Å². The molecule has 0 aliphatic carbocycles. The minimum atomic E-state index is 0.810. The molecule has 1 heteroatoms. The van der Waals surface area contributed by atoms with E-state index in [0.29, 0.717) is 0 Å². The number of rotatable bonds is 3. The minimum absolute atomic E-state index is 0.810. The molecule has 0 saturated heterocycles. The van der Waals surface area contributed by atoms with E-state index < -0.39 is 0 Å². The van der Waals surface area contributed by atoms with Crippen LogP contribution in [0.5, 0.6) is 5.75 Å². The van der Waals surface area contributed by atoms with Crippen molar-refractivity contribution in [3.8, 4) is 5.75 Å². The molecule has 0 amide bonds. The van der Waals surface area contributed by atoms with Crippen LogP contribution in [-0.4, -0.2) is 6.61 Å². The molecule has 1 nitrogen and oxygen atoms in total. The molecule has 0 spiro atoms. The molecular weight excluding hydrogens is 148 g/mol. The quantitative estimate of drug-likeness (QED) is 0.667. The molecule has 1 aromatic carbocycles. The molecule has 12 heavy (non-hydrogen) atoms. The number of ether oxygens (including phenoxy) is 1. The Morgan fingerprint density at radius 3 is 2.17 bits per heavy atom. The average Bonchev–Trinajstić information content (AvgIpc) is 2.19. The van der Waals surface area contributed by atoms with Gasteiger partial charge >= 0.3 is 0 Å². The van der Waals surface area contributed by atoms with Crippen LogP contribution in [-0.2, 0) is 0 Å². The second-order valence-electron chi connectivity index (χ2n) is 2.16. The van der Waals surface area contributed by atoms with Crippen molar-refractivity contribution in [2.24, 2.45) is 0 Å². The van der Waals surface area contributed by atoms with Gasteiger partial charge in [0.2, 0.25) is 0 Å². The van der Waals surface area contributed by atoms with Gasteiger partial charge in [0.1, 0.15) is 5.75 Å². The molecule has 0 aliphatic rings. The van der Waals surface area contributed by atoms with Crippen LogP contribution >= 0.6 is 0 Å². The van der Waals surface area contributed by atoms with E-state index in [4.69, 9.17) is 4.74 Å². The van der Waals surface area contributed by atoms with Gasteiger partial charge in [-0.05, 0) is 18.6 Å². The molecule has 0 unspecified atom stereocenters. The smallest absolute Gasteiger partial charge is 0.119 e. The first-order chi connectivity index (χ1) is 5.93. The Bertz CT molecular complexity index is 170. The lowest BCUT2D eigenvalue weighted by molar-refractivity contribution is 0.317. The van der Waals surface area contributed by atoms with Gasteiger partial charge in [-0.25, -0.2) is 0 Å². The molecule has 0 bridgehead atoms. The summed E-state index contributed by atoms with van der Waals surface area (Å²) < 4.78 is 5.36. The normalized spacial score (nSPS) is 8.25. The third-order valence-corrected chi connectivity index (χ3v) is 1.22. The van der Waals surface area contributed by atoms with E-state index in [1.54, 1.807) is 0 Å². The summed E-state index contributed by atoms with van der Waals surface area (Å²) in [4.78, 5) is 0. The molecule has 0 heterocycles. The summed E-state index contributed by atoms with van der Waals surface area (Å²) in [5.74, 6) is 0.962. The van der Waals surface area contributed by atoms with Crippen molar-refractivity contribution in [1.82, 2.24) is 0 Å². The van der Waals surface area contributed by atoms with Gasteiger partial charge in [-0.3, -0.25) is 0 Å². The summed E-state index contributed by atoms with van der Waals surface area (Å²) in [5, 5.41) is 0. The fourth-order valence-corrected chi connectivity index (χ4v) is 0.737. The maximum Gasteiger partial charge on any atom is 0.119 e. The van der Waals surface area contributed by atoms with Crippen LogP contribution in [0.25, 0.3) is 0 Å². The maximum absolute atomic E-state index is 5.36. The maximum atomic E-state index is 5.36. The molecule has 68 valence electrons. The first-order valence-electron chi connectivity index (χ1n) is 4.61. The number of hydrogen-bond acceptors (Lipinski definition) is 1. The van der Waals surface area contributed by atoms with Gasteiger partial charge in [-0.1, -0.05) is 39.0 Å². The highest BCUT2D eigenvalue weighted by Crippen LogP contribution is 2.07. The van der Waals surface area contributed by atoms with Gasteiger partial charge in [-0.2, -0.15) is 0 Å². The van der Waals surface area contributed by atoms with Crippen molar-refractivity contribution in [3.05, 3.63) is 30.3 Å². The molecular formula is C11H18O. The molecule has 0 radical (unpaired) electrons. The summed E-state index contributed by atoms with van der Waals surface area (Å²) in [6.07, 6.45) is 1.06. The Hall–Kier alpha value is -0.980. The monoisotopic (exact) mass is 166 g/mol. The van der Waals surface area contributed by atoms with Gasteiger partial charge in [0.15, 0.2) is 0 Å². The Balaban J connectivity index is 0.000000561. The van der Waals surface area contributed by atoms with Gasteiger partial charge in [0.05, 0.1) is 6.61 Å². The van der Waals surface area contributed by atoms with Gasteiger partial charge in [0.25, 0.3) is 0 Å². The molecule has 0 aliphatic heterocycles. The highest BCUT2D eigenvalue weighted by molar-refractivity contribution is 5.20. The molecule has 0 N–H and O–H groups in total. The van der Waals surface area contributed by atoms with Crippen LogP contribution in [0.1, 0.15) is 27.2 Å². The Morgan fingerprint density at radius 1 is 1.08 bits per heavy atom. The topological polar surface area (TPSA) is 9.23 Å². The fourth-order valence-electron chi connectivity index (χ4n) is 0.737. The lowest BCUT2D eigenvalue weighted by atomic mass is 10.3. The van der Waals surface area contributed by atoms with Crippen LogP contribution in [0, 0.1) is 0 Å². The van der Waals surface area contributed by atoms with Crippen molar-refractivity contribution in [1.29, 1.82) is 0 Å². The van der Waals surface area contributed by atoms with Crippen molar-refractivity contribution in [2.75, 3.05) is 6.61 Å². The Kier molecular flexibility index (Phi) is 7.46. The van der Waals surface area contributed by atoms with Crippen LogP contribution in [0.3, 0.4) is 0 Å². The SMILES string of the molecule is CC.CCCOc1ccccc1. The van der Waals surface area contributed by atoms with Crippen LogP contribution in [0.4, 0.5) is 0 Å². The van der Waals surface area contributed by atoms with E-state index in [-0.39, 0.29) is 0 Å². The van der Waals surface area contributed by atoms with E-state index in [2.05, 4.69) is 6.92 Å². The van der Waals surface area contributed by atoms with E-state index >= 15 is 0 Å². The van der Waals surface area contributed by atoms with E-state index in [0.717, 1.165) is 18.8 Å². The molecule has 0 saturated carbocycles. The summed E-state index contributed by atoms with van der Waals surface area (Å²) in [6, 6.07) is 9.88. The summed E-state index contributed by atoms with van der Waals surface area (Å²) in [7, 11) is 0. The molecule has 1 rings (SSSR count). The predicted molar refractivity (Wildman–Crippen MR) is 53.6 cm³/mol. The predicted octanol–water partition coefficient (Wildman–Crippen LogP) is 3.50. The number of hydrogen-bond donors (Lipinski definition) is 0. The van der Waals surface area contributed by atoms with Crippen molar-refractivity contribution in [2.45, 2.75) is 27.2 Å². The fraction of sp³-hybridized carbons (Fsp3) is 0.455. The third-order valence-electron chi connectivity index (χ3n) is 1.22. The Morgan fingerprint density at radius 2 is 1.67 bits per heavy atom. The summed E-state index contributed by atoms with van der Waals surface area (Å²) in [5.41, 5.74) is 0. The first-order valence-corrected chi connectivity index (χ1v) is 4.61. The zero-order chi connectivity index (χ0) is 9.23. The minimum Gasteiger partial charge on any atom is -0.494 e. The molecule has 0 fully saturated rings. The molecule has 0 atom stereocenters. The summed E-state index contributed by atoms with van der Waals surface area (Å²) in [6.45, 7) is 6.91. The zero-order valence-electron chi connectivity index (χ0n) is 8.21. The van der Waals surface area contributed by atoms with E-state index in [9.17, 15) is 0 Å². The second-order valence-corrected chi connectivity index (χ2v) is 2.16. The second kappa shape index (κ2) is 8.12. The van der Waals surface area contributed by atoms with Gasteiger partial charge in [0, 0.05) is 0 Å². The summed E-state index contributed by atoms with van der Waals surface area (Å²) >= 11 is 0. The van der Waals surface area contributed by atoms with Gasteiger partial charge < -0.3 is 4.74 Å². The molecule has 0 aromatic heterocycles. The molecule has 1 aromatic rings. The zero-order valence-corrected chi connectivity index (χ0v) is 8.21.